The highest BCUT2D eigenvalue weighted by Crippen LogP contribution is 2.50. The van der Waals surface area contributed by atoms with Crippen LogP contribution in [0.15, 0.2) is 279 Å². The smallest absolute Gasteiger partial charge is 0.0547 e. The summed E-state index contributed by atoms with van der Waals surface area (Å²) in [5.41, 5.74) is 20.8. The molecule has 0 saturated carbocycles. The average Bonchev–Trinajstić information content (AvgIpc) is 3.76. The SMILES string of the molecule is c1ccc(-c2ccc(-c3ccccc3N(c3ccc(-c4ccc5c6ccccc6n(-c6ccccc6)c5c4)cc3)c3cccc(-c4ccccc4)c3-c3ccccc3-c3ccccc3)cc2)cc1. The first-order valence-electron chi connectivity index (χ1n) is 23.3. The number of fused-ring (bicyclic) bond motifs is 3. The Labute approximate surface area is 397 Å². The third kappa shape index (κ3) is 7.45. The van der Waals surface area contributed by atoms with Gasteiger partial charge in [0.2, 0.25) is 0 Å². The first kappa shape index (κ1) is 40.5. The van der Waals surface area contributed by atoms with Crippen LogP contribution in [0.2, 0.25) is 0 Å². The second kappa shape index (κ2) is 17.8. The lowest BCUT2D eigenvalue weighted by atomic mass is 9.87. The van der Waals surface area contributed by atoms with E-state index in [4.69, 9.17) is 0 Å². The molecule has 0 aliphatic carbocycles. The monoisotopic (exact) mass is 866 g/mol. The van der Waals surface area contributed by atoms with E-state index in [-0.39, 0.29) is 0 Å². The first-order valence-corrected chi connectivity index (χ1v) is 23.3. The number of aromatic nitrogens is 1. The zero-order valence-corrected chi connectivity index (χ0v) is 37.5. The molecule has 0 fully saturated rings. The van der Waals surface area contributed by atoms with E-state index in [1.807, 2.05) is 0 Å². The molecular weight excluding hydrogens is 821 g/mol. The Morgan fingerprint density at radius 3 is 1.40 bits per heavy atom. The van der Waals surface area contributed by atoms with Gasteiger partial charge in [0.1, 0.15) is 0 Å². The molecule has 2 heteroatoms. The molecule has 0 spiro atoms. The van der Waals surface area contributed by atoms with E-state index >= 15 is 0 Å². The molecule has 68 heavy (non-hydrogen) atoms. The van der Waals surface area contributed by atoms with E-state index in [1.54, 1.807) is 0 Å². The summed E-state index contributed by atoms with van der Waals surface area (Å²) < 4.78 is 2.39. The van der Waals surface area contributed by atoms with Gasteiger partial charge in [0.05, 0.1) is 22.4 Å². The molecule has 0 amide bonds. The number of nitrogens with zero attached hydrogens (tertiary/aromatic N) is 2. The van der Waals surface area contributed by atoms with Crippen LogP contribution in [0.3, 0.4) is 0 Å². The molecule has 0 radical (unpaired) electrons. The minimum Gasteiger partial charge on any atom is -0.309 e. The van der Waals surface area contributed by atoms with Crippen LogP contribution in [-0.4, -0.2) is 4.57 Å². The Morgan fingerprint density at radius 2 is 0.691 bits per heavy atom. The Morgan fingerprint density at radius 1 is 0.250 bits per heavy atom. The minimum atomic E-state index is 1.06. The molecule has 0 saturated heterocycles. The van der Waals surface area contributed by atoms with Crippen molar-refractivity contribution in [2.45, 2.75) is 0 Å². The number of benzene rings is 11. The minimum absolute atomic E-state index is 1.06. The van der Waals surface area contributed by atoms with Crippen LogP contribution in [0.25, 0.3) is 94.3 Å². The summed E-state index contributed by atoms with van der Waals surface area (Å²) in [6.07, 6.45) is 0. The second-order valence-corrected chi connectivity index (χ2v) is 17.2. The van der Waals surface area contributed by atoms with Gasteiger partial charge in [-0.25, -0.2) is 0 Å². The average molecular weight is 867 g/mol. The molecule has 0 N–H and O–H groups in total. The van der Waals surface area contributed by atoms with Crippen molar-refractivity contribution >= 4 is 38.9 Å². The van der Waals surface area contributed by atoms with Gasteiger partial charge in [-0.2, -0.15) is 0 Å². The van der Waals surface area contributed by atoms with Gasteiger partial charge in [0.15, 0.2) is 0 Å². The fourth-order valence-electron chi connectivity index (χ4n) is 10.0. The number of rotatable bonds is 10. The maximum absolute atomic E-state index is 2.48. The first-order chi connectivity index (χ1) is 33.8. The van der Waals surface area contributed by atoms with Crippen LogP contribution in [0.5, 0.6) is 0 Å². The van der Waals surface area contributed by atoms with Crippen LogP contribution >= 0.6 is 0 Å². The van der Waals surface area contributed by atoms with Crippen molar-refractivity contribution in [1.82, 2.24) is 4.57 Å². The lowest BCUT2D eigenvalue weighted by Gasteiger charge is -2.31. The highest BCUT2D eigenvalue weighted by atomic mass is 15.1. The highest BCUT2D eigenvalue weighted by molar-refractivity contribution is 6.10. The van der Waals surface area contributed by atoms with Crippen LogP contribution in [-0.2, 0) is 0 Å². The van der Waals surface area contributed by atoms with Crippen molar-refractivity contribution in [3.05, 3.63) is 279 Å². The molecule has 320 valence electrons. The second-order valence-electron chi connectivity index (χ2n) is 17.2. The topological polar surface area (TPSA) is 8.17 Å². The molecule has 12 aromatic rings. The van der Waals surface area contributed by atoms with Gasteiger partial charge in [-0.1, -0.05) is 231 Å². The molecule has 1 aromatic heterocycles. The van der Waals surface area contributed by atoms with Gasteiger partial charge < -0.3 is 9.47 Å². The standard InChI is InChI=1S/C66H46N2/c1-5-20-47(21-6-1)48-36-38-52(39-37-48)57-29-15-17-33-62(57)67(64-35-19-32-58(51-24-9-3-10-25-51)66(64)61-31-14-13-28-56(61)50-22-7-2-8-23-50)55-43-40-49(41-44-55)53-42-45-60-59-30-16-18-34-63(59)68(65(60)46-53)54-26-11-4-12-27-54/h1-46H. The highest BCUT2D eigenvalue weighted by Gasteiger charge is 2.25. The summed E-state index contributed by atoms with van der Waals surface area (Å²) >= 11 is 0. The van der Waals surface area contributed by atoms with Gasteiger partial charge in [0.25, 0.3) is 0 Å². The summed E-state index contributed by atoms with van der Waals surface area (Å²) in [7, 11) is 0. The van der Waals surface area contributed by atoms with E-state index in [1.165, 1.54) is 55.2 Å². The van der Waals surface area contributed by atoms with E-state index in [0.717, 1.165) is 56.1 Å². The summed E-state index contributed by atoms with van der Waals surface area (Å²) in [5.74, 6) is 0. The molecule has 0 aliphatic rings. The van der Waals surface area contributed by atoms with Gasteiger partial charge in [-0.3, -0.25) is 0 Å². The lowest BCUT2D eigenvalue weighted by Crippen LogP contribution is -2.13. The zero-order chi connectivity index (χ0) is 45.2. The molecule has 1 heterocycles. The van der Waals surface area contributed by atoms with Gasteiger partial charge >= 0.3 is 0 Å². The summed E-state index contributed by atoms with van der Waals surface area (Å²) in [4.78, 5) is 2.48. The Hall–Kier alpha value is -8.98. The van der Waals surface area contributed by atoms with E-state index in [2.05, 4.69) is 289 Å². The summed E-state index contributed by atoms with van der Waals surface area (Å²) in [6, 6.07) is 101. The maximum Gasteiger partial charge on any atom is 0.0547 e. The van der Waals surface area contributed by atoms with E-state index < -0.39 is 0 Å². The number of hydrogen-bond acceptors (Lipinski definition) is 1. The molecule has 0 bridgehead atoms. The van der Waals surface area contributed by atoms with Crippen LogP contribution in [0.1, 0.15) is 0 Å². The normalized spacial score (nSPS) is 11.2. The third-order valence-electron chi connectivity index (χ3n) is 13.2. The molecule has 11 aromatic carbocycles. The number of anilines is 3. The van der Waals surface area contributed by atoms with Crippen molar-refractivity contribution in [2.24, 2.45) is 0 Å². The van der Waals surface area contributed by atoms with Gasteiger partial charge in [0, 0.05) is 33.3 Å². The lowest BCUT2D eigenvalue weighted by molar-refractivity contribution is 1.18. The van der Waals surface area contributed by atoms with Crippen LogP contribution in [0.4, 0.5) is 17.1 Å². The fraction of sp³-hybridized carbons (Fsp3) is 0. The molecule has 0 unspecified atom stereocenters. The number of hydrogen-bond donors (Lipinski definition) is 0. The van der Waals surface area contributed by atoms with Crippen molar-refractivity contribution in [3.8, 4) is 72.4 Å². The van der Waals surface area contributed by atoms with E-state index in [0.29, 0.717) is 0 Å². The summed E-state index contributed by atoms with van der Waals surface area (Å²) in [6.45, 7) is 0. The van der Waals surface area contributed by atoms with Gasteiger partial charge in [-0.15, -0.1) is 0 Å². The summed E-state index contributed by atoms with van der Waals surface area (Å²) in [5, 5.41) is 2.49. The Kier molecular flexibility index (Phi) is 10.6. The molecule has 0 atom stereocenters. The fourth-order valence-corrected chi connectivity index (χ4v) is 10.0. The van der Waals surface area contributed by atoms with Crippen LogP contribution in [0, 0.1) is 0 Å². The van der Waals surface area contributed by atoms with E-state index in [9.17, 15) is 0 Å². The predicted molar refractivity (Wildman–Crippen MR) is 288 cm³/mol. The maximum atomic E-state index is 2.48. The van der Waals surface area contributed by atoms with Gasteiger partial charge in [-0.05, 0) is 104 Å². The largest absolute Gasteiger partial charge is 0.309 e. The Balaban J connectivity index is 1.06. The predicted octanol–water partition coefficient (Wildman–Crippen LogP) is 18.3. The van der Waals surface area contributed by atoms with Crippen molar-refractivity contribution in [3.63, 3.8) is 0 Å². The molecular formula is C66H46N2. The van der Waals surface area contributed by atoms with Crippen LogP contribution < -0.4 is 4.90 Å². The van der Waals surface area contributed by atoms with Crippen molar-refractivity contribution in [1.29, 1.82) is 0 Å². The van der Waals surface area contributed by atoms with Crippen molar-refractivity contribution in [2.75, 3.05) is 4.90 Å². The Bertz CT molecular complexity index is 3690. The quantitative estimate of drug-likeness (QED) is 0.133. The zero-order valence-electron chi connectivity index (χ0n) is 37.5. The molecule has 0 aliphatic heterocycles. The molecule has 2 nitrogen and oxygen atoms in total. The third-order valence-corrected chi connectivity index (χ3v) is 13.2. The number of para-hydroxylation sites is 3. The molecule has 12 rings (SSSR count). The van der Waals surface area contributed by atoms with Crippen molar-refractivity contribution < 1.29 is 0 Å².